The van der Waals surface area contributed by atoms with Gasteiger partial charge in [-0.05, 0) is 22.0 Å². The second-order valence-electron chi connectivity index (χ2n) is 2.76. The number of fused-ring (bicyclic) bond motifs is 1. The summed E-state index contributed by atoms with van der Waals surface area (Å²) in [7, 11) is 0. The fourth-order valence-corrected chi connectivity index (χ4v) is 1.70. The Labute approximate surface area is 85.6 Å². The minimum atomic E-state index is -4.37. The summed E-state index contributed by atoms with van der Waals surface area (Å²) in [4.78, 5) is 0. The van der Waals surface area contributed by atoms with Crippen molar-refractivity contribution in [2.75, 3.05) is 0 Å². The number of para-hydroxylation sites is 1. The highest BCUT2D eigenvalue weighted by Crippen LogP contribution is 2.38. The molecular weight excluding hydrogens is 261 g/mol. The predicted molar refractivity (Wildman–Crippen MR) is 48.9 cm³/mol. The summed E-state index contributed by atoms with van der Waals surface area (Å²) < 4.78 is 42.6. The third-order valence-corrected chi connectivity index (χ3v) is 2.48. The number of furan rings is 1. The van der Waals surface area contributed by atoms with E-state index in [9.17, 15) is 13.2 Å². The highest BCUT2D eigenvalue weighted by atomic mass is 79.9. The Hall–Kier alpha value is -0.970. The quantitative estimate of drug-likeness (QED) is 0.695. The molecule has 1 heterocycles. The molecule has 0 saturated heterocycles. The molecule has 0 fully saturated rings. The van der Waals surface area contributed by atoms with Crippen molar-refractivity contribution in [2.24, 2.45) is 0 Å². The van der Waals surface area contributed by atoms with E-state index in [0.717, 1.165) is 6.26 Å². The molecule has 0 N–H and O–H groups in total. The van der Waals surface area contributed by atoms with E-state index in [1.54, 1.807) is 6.07 Å². The number of hydrogen-bond acceptors (Lipinski definition) is 1. The maximum absolute atomic E-state index is 12.4. The summed E-state index contributed by atoms with van der Waals surface area (Å²) in [5.74, 6) is 0. The zero-order chi connectivity index (χ0) is 10.3. The lowest BCUT2D eigenvalue weighted by Crippen LogP contribution is -2.02. The molecule has 0 amide bonds. The molecule has 1 aromatic carbocycles. The predicted octanol–water partition coefficient (Wildman–Crippen LogP) is 4.21. The van der Waals surface area contributed by atoms with E-state index in [-0.39, 0.29) is 11.0 Å². The average molecular weight is 265 g/mol. The molecule has 5 heteroatoms. The van der Waals surface area contributed by atoms with Crippen LogP contribution in [0.15, 0.2) is 33.4 Å². The van der Waals surface area contributed by atoms with Gasteiger partial charge in [0.2, 0.25) is 0 Å². The molecule has 2 aromatic rings. The van der Waals surface area contributed by atoms with Crippen LogP contribution in [0.1, 0.15) is 5.56 Å². The number of alkyl halides is 3. The van der Waals surface area contributed by atoms with Crippen LogP contribution in [0, 0.1) is 0 Å². The van der Waals surface area contributed by atoms with Gasteiger partial charge < -0.3 is 4.42 Å². The van der Waals surface area contributed by atoms with Gasteiger partial charge in [0.05, 0.1) is 4.47 Å². The van der Waals surface area contributed by atoms with Crippen LogP contribution in [0.25, 0.3) is 11.0 Å². The lowest BCUT2D eigenvalue weighted by Gasteiger charge is -2.02. The van der Waals surface area contributed by atoms with Crippen LogP contribution in [0.2, 0.25) is 0 Å². The van der Waals surface area contributed by atoms with Gasteiger partial charge in [0.25, 0.3) is 0 Å². The number of hydrogen-bond donors (Lipinski definition) is 0. The maximum atomic E-state index is 12.4. The fraction of sp³-hybridized carbons (Fsp3) is 0.111. The summed E-state index contributed by atoms with van der Waals surface area (Å²) >= 11 is 3.12. The van der Waals surface area contributed by atoms with Gasteiger partial charge in [0.15, 0.2) is 0 Å². The zero-order valence-electron chi connectivity index (χ0n) is 6.73. The summed E-state index contributed by atoms with van der Waals surface area (Å²) in [5.41, 5.74) is -0.520. The molecular formula is C9H4BrF3O. The van der Waals surface area contributed by atoms with Gasteiger partial charge in [0.1, 0.15) is 17.4 Å². The Morgan fingerprint density at radius 2 is 1.93 bits per heavy atom. The lowest BCUT2D eigenvalue weighted by molar-refractivity contribution is -0.136. The molecule has 0 atom stereocenters. The summed E-state index contributed by atoms with van der Waals surface area (Å²) in [6.45, 7) is 0. The highest BCUT2D eigenvalue weighted by Gasteiger charge is 2.34. The molecule has 1 nitrogen and oxygen atoms in total. The normalized spacial score (nSPS) is 12.3. The van der Waals surface area contributed by atoms with Gasteiger partial charge in [-0.15, -0.1) is 0 Å². The van der Waals surface area contributed by atoms with Crippen LogP contribution >= 0.6 is 15.9 Å². The Morgan fingerprint density at radius 3 is 2.57 bits per heavy atom. The van der Waals surface area contributed by atoms with E-state index >= 15 is 0 Å². The zero-order valence-corrected chi connectivity index (χ0v) is 8.32. The molecule has 14 heavy (non-hydrogen) atoms. The van der Waals surface area contributed by atoms with Crippen LogP contribution in [0.5, 0.6) is 0 Å². The Bertz CT molecular complexity index is 472. The van der Waals surface area contributed by atoms with Crippen molar-refractivity contribution in [1.82, 2.24) is 0 Å². The van der Waals surface area contributed by atoms with Crippen molar-refractivity contribution in [1.29, 1.82) is 0 Å². The van der Waals surface area contributed by atoms with Crippen molar-refractivity contribution >= 4 is 26.9 Å². The largest absolute Gasteiger partial charge is 0.463 e. The Morgan fingerprint density at radius 1 is 1.21 bits per heavy atom. The Kier molecular flexibility index (Phi) is 2.06. The monoisotopic (exact) mass is 264 g/mol. The molecule has 0 aliphatic carbocycles. The molecule has 0 aliphatic heterocycles. The van der Waals surface area contributed by atoms with Crippen LogP contribution < -0.4 is 0 Å². The lowest BCUT2D eigenvalue weighted by atomic mass is 10.2. The molecule has 0 aliphatic rings. The number of halogens is 4. The fourth-order valence-electron chi connectivity index (χ4n) is 1.24. The van der Waals surface area contributed by atoms with Crippen LogP contribution in [-0.4, -0.2) is 0 Å². The number of benzene rings is 1. The second-order valence-corrected chi connectivity index (χ2v) is 3.62. The van der Waals surface area contributed by atoms with Gasteiger partial charge in [0, 0.05) is 5.39 Å². The molecule has 2 rings (SSSR count). The topological polar surface area (TPSA) is 13.1 Å². The Balaban J connectivity index is 2.76. The molecule has 1 aromatic heterocycles. The first-order valence-corrected chi connectivity index (χ1v) is 4.52. The van der Waals surface area contributed by atoms with E-state index in [1.807, 2.05) is 0 Å². The van der Waals surface area contributed by atoms with Gasteiger partial charge >= 0.3 is 6.18 Å². The van der Waals surface area contributed by atoms with E-state index in [1.165, 1.54) is 12.1 Å². The van der Waals surface area contributed by atoms with E-state index in [0.29, 0.717) is 4.47 Å². The van der Waals surface area contributed by atoms with Crippen LogP contribution in [-0.2, 0) is 6.18 Å². The minimum absolute atomic E-state index is 0.0758. The van der Waals surface area contributed by atoms with E-state index in [4.69, 9.17) is 4.42 Å². The highest BCUT2D eigenvalue weighted by molar-refractivity contribution is 9.10. The number of rotatable bonds is 0. The third kappa shape index (κ3) is 1.41. The molecule has 0 saturated carbocycles. The first-order valence-electron chi connectivity index (χ1n) is 3.73. The average Bonchev–Trinajstić information content (AvgIpc) is 2.47. The summed E-state index contributed by atoms with van der Waals surface area (Å²) in [6.07, 6.45) is -3.64. The van der Waals surface area contributed by atoms with Crippen LogP contribution in [0.3, 0.4) is 0 Å². The van der Waals surface area contributed by atoms with Crippen molar-refractivity contribution in [3.8, 4) is 0 Å². The van der Waals surface area contributed by atoms with Gasteiger partial charge in [-0.2, -0.15) is 13.2 Å². The molecule has 0 bridgehead atoms. The smallest absolute Gasteiger partial charge is 0.420 e. The third-order valence-electron chi connectivity index (χ3n) is 1.86. The standard InChI is InChI=1S/C9H4BrF3O/c10-7-3-1-2-5-6(9(11,12)13)4-14-8(5)7/h1-4H. The molecule has 0 radical (unpaired) electrons. The van der Waals surface area contributed by atoms with Crippen LogP contribution in [0.4, 0.5) is 13.2 Å². The van der Waals surface area contributed by atoms with Crippen molar-refractivity contribution in [3.05, 3.63) is 34.5 Å². The van der Waals surface area contributed by atoms with Gasteiger partial charge in [-0.3, -0.25) is 0 Å². The summed E-state index contributed by atoms with van der Waals surface area (Å²) in [6, 6.07) is 4.55. The minimum Gasteiger partial charge on any atom is -0.463 e. The van der Waals surface area contributed by atoms with E-state index in [2.05, 4.69) is 15.9 Å². The first-order chi connectivity index (χ1) is 6.50. The van der Waals surface area contributed by atoms with E-state index < -0.39 is 11.7 Å². The van der Waals surface area contributed by atoms with Crippen molar-refractivity contribution < 1.29 is 17.6 Å². The molecule has 0 unspecified atom stereocenters. The SMILES string of the molecule is FC(F)(F)c1coc2c(Br)cccc12. The molecule has 74 valence electrons. The molecule has 0 spiro atoms. The summed E-state index contributed by atoms with van der Waals surface area (Å²) in [5, 5.41) is 0.0758. The second kappa shape index (κ2) is 3.02. The maximum Gasteiger partial charge on any atom is 0.420 e. The van der Waals surface area contributed by atoms with Gasteiger partial charge in [-0.1, -0.05) is 12.1 Å². The van der Waals surface area contributed by atoms with Crippen molar-refractivity contribution in [2.45, 2.75) is 6.18 Å². The first kappa shape index (κ1) is 9.58. The van der Waals surface area contributed by atoms with Gasteiger partial charge in [-0.25, -0.2) is 0 Å². The van der Waals surface area contributed by atoms with Crippen molar-refractivity contribution in [3.63, 3.8) is 0 Å².